The third-order valence-corrected chi connectivity index (χ3v) is 4.88. The predicted molar refractivity (Wildman–Crippen MR) is 116 cm³/mol. The van der Waals surface area contributed by atoms with Gasteiger partial charge in [-0.2, -0.15) is 14.8 Å². The van der Waals surface area contributed by atoms with Crippen LogP contribution in [-0.4, -0.2) is 31.7 Å². The minimum atomic E-state index is -0.580. The smallest absolute Gasteiger partial charge is 0.359 e. The number of ether oxygens (including phenoxy) is 2. The molecule has 0 saturated heterocycles. The van der Waals surface area contributed by atoms with Gasteiger partial charge in [-0.1, -0.05) is 41.4 Å². The topological polar surface area (TPSA) is 87.7 Å². The number of pyridine rings is 1. The number of carbonyl (C=O) groups is 1. The maximum Gasteiger partial charge on any atom is 0.359 e. The standard InChI is InChI=1S/C21H16Cl2N4O4/c1-3-30-21(29)18-12(2)20(27(25-18)14-7-5-4-6-8-14)31-16-10-17(28)26-11-13(22)9-15(23)19(26)24-16/h4-11H,3H2,1-2H3. The Hall–Kier alpha value is -3.36. The van der Waals surface area contributed by atoms with Crippen LogP contribution < -0.4 is 10.3 Å². The molecule has 0 spiro atoms. The SMILES string of the molecule is CCOC(=O)c1nn(-c2ccccc2)c(Oc2cc(=O)n3cc(Cl)cc(Cl)c3n2)c1C. The zero-order chi connectivity index (χ0) is 22.1. The number of esters is 1. The van der Waals surface area contributed by atoms with E-state index in [2.05, 4.69) is 10.1 Å². The van der Waals surface area contributed by atoms with Gasteiger partial charge in [0, 0.05) is 11.8 Å². The molecule has 0 radical (unpaired) electrons. The molecule has 0 amide bonds. The number of nitrogens with zero attached hydrogens (tertiary/aromatic N) is 4. The van der Waals surface area contributed by atoms with Crippen molar-refractivity contribution in [1.82, 2.24) is 19.2 Å². The highest BCUT2D eigenvalue weighted by Gasteiger charge is 2.24. The van der Waals surface area contributed by atoms with Crippen LogP contribution in [-0.2, 0) is 4.74 Å². The van der Waals surface area contributed by atoms with E-state index in [1.54, 1.807) is 26.0 Å². The fourth-order valence-corrected chi connectivity index (χ4v) is 3.51. The Morgan fingerprint density at radius 1 is 1.16 bits per heavy atom. The normalized spacial score (nSPS) is 11.0. The number of benzene rings is 1. The van der Waals surface area contributed by atoms with Crippen molar-refractivity contribution in [3.05, 3.63) is 80.3 Å². The number of carbonyl (C=O) groups excluding carboxylic acids is 1. The first-order valence-electron chi connectivity index (χ1n) is 9.27. The number of hydrogen-bond acceptors (Lipinski definition) is 6. The summed E-state index contributed by atoms with van der Waals surface area (Å²) in [7, 11) is 0. The lowest BCUT2D eigenvalue weighted by Crippen LogP contribution is -2.14. The Morgan fingerprint density at radius 2 is 1.90 bits per heavy atom. The van der Waals surface area contributed by atoms with Gasteiger partial charge < -0.3 is 9.47 Å². The Kier molecular flexibility index (Phi) is 5.67. The molecular formula is C21H16Cl2N4O4. The van der Waals surface area contributed by atoms with E-state index in [1.807, 2.05) is 18.2 Å². The first kappa shape index (κ1) is 20.9. The summed E-state index contributed by atoms with van der Waals surface area (Å²) < 4.78 is 13.7. The number of rotatable bonds is 5. The van der Waals surface area contributed by atoms with Crippen LogP contribution in [0.4, 0.5) is 0 Å². The average molecular weight is 459 g/mol. The Morgan fingerprint density at radius 3 is 2.61 bits per heavy atom. The monoisotopic (exact) mass is 458 g/mol. The zero-order valence-corrected chi connectivity index (χ0v) is 18.0. The lowest BCUT2D eigenvalue weighted by Gasteiger charge is -2.10. The van der Waals surface area contributed by atoms with Gasteiger partial charge in [-0.3, -0.25) is 9.20 Å². The molecule has 0 fully saturated rings. The van der Waals surface area contributed by atoms with Gasteiger partial charge in [-0.15, -0.1) is 0 Å². The molecule has 0 atom stereocenters. The molecule has 0 aliphatic heterocycles. The second-order valence-corrected chi connectivity index (χ2v) is 7.32. The van der Waals surface area contributed by atoms with Crippen molar-refractivity contribution >= 4 is 34.8 Å². The summed E-state index contributed by atoms with van der Waals surface area (Å²) in [6, 6.07) is 11.8. The largest absolute Gasteiger partial charge is 0.461 e. The number of aromatic nitrogens is 4. The summed E-state index contributed by atoms with van der Waals surface area (Å²) >= 11 is 12.2. The van der Waals surface area contributed by atoms with Crippen molar-refractivity contribution in [1.29, 1.82) is 0 Å². The van der Waals surface area contributed by atoms with Crippen molar-refractivity contribution in [2.75, 3.05) is 6.61 Å². The van der Waals surface area contributed by atoms with Gasteiger partial charge in [0.15, 0.2) is 11.3 Å². The first-order valence-corrected chi connectivity index (χ1v) is 10.0. The number of para-hydroxylation sites is 1. The molecule has 0 aliphatic carbocycles. The minimum Gasteiger partial charge on any atom is -0.461 e. The molecule has 8 nitrogen and oxygen atoms in total. The molecule has 3 heterocycles. The zero-order valence-electron chi connectivity index (χ0n) is 16.5. The fourth-order valence-electron chi connectivity index (χ4n) is 3.00. The molecule has 4 aromatic rings. The number of fused-ring (bicyclic) bond motifs is 1. The van der Waals surface area contributed by atoms with Crippen LogP contribution in [0.25, 0.3) is 11.3 Å². The maximum atomic E-state index is 12.6. The van der Waals surface area contributed by atoms with Gasteiger partial charge in [-0.05, 0) is 32.0 Å². The molecular weight excluding hydrogens is 443 g/mol. The highest BCUT2D eigenvalue weighted by atomic mass is 35.5. The molecule has 31 heavy (non-hydrogen) atoms. The molecule has 0 bridgehead atoms. The van der Waals surface area contributed by atoms with Gasteiger partial charge in [0.05, 0.1) is 28.4 Å². The van der Waals surface area contributed by atoms with Crippen LogP contribution >= 0.6 is 23.2 Å². The maximum absolute atomic E-state index is 12.6. The minimum absolute atomic E-state index is 0.00943. The number of halogens is 2. The van der Waals surface area contributed by atoms with Gasteiger partial charge in [0.25, 0.3) is 5.56 Å². The molecule has 0 aliphatic rings. The molecule has 158 valence electrons. The summed E-state index contributed by atoms with van der Waals surface area (Å²) in [5, 5.41) is 4.86. The van der Waals surface area contributed by atoms with E-state index in [0.717, 1.165) is 0 Å². The van der Waals surface area contributed by atoms with Gasteiger partial charge in [0.2, 0.25) is 11.8 Å². The summed E-state index contributed by atoms with van der Waals surface area (Å²) in [5.41, 5.74) is 0.939. The van der Waals surface area contributed by atoms with Crippen molar-refractivity contribution in [2.24, 2.45) is 0 Å². The second-order valence-electron chi connectivity index (χ2n) is 6.48. The molecule has 0 unspecified atom stereocenters. The Labute approximate surface area is 186 Å². The highest BCUT2D eigenvalue weighted by Crippen LogP contribution is 2.30. The van der Waals surface area contributed by atoms with Crippen LogP contribution in [0, 0.1) is 6.92 Å². The van der Waals surface area contributed by atoms with E-state index < -0.39 is 11.5 Å². The summed E-state index contributed by atoms with van der Waals surface area (Å²) in [5.74, 6) is -0.371. The van der Waals surface area contributed by atoms with Crippen molar-refractivity contribution < 1.29 is 14.3 Å². The molecule has 1 aromatic carbocycles. The molecule has 0 saturated carbocycles. The molecule has 10 heteroatoms. The Bertz CT molecular complexity index is 1350. The summed E-state index contributed by atoms with van der Waals surface area (Å²) in [6.07, 6.45) is 1.42. The first-order chi connectivity index (χ1) is 14.9. The van der Waals surface area contributed by atoms with E-state index in [-0.39, 0.29) is 34.7 Å². The molecule has 4 rings (SSSR count). The van der Waals surface area contributed by atoms with Crippen molar-refractivity contribution in [3.8, 4) is 17.4 Å². The van der Waals surface area contributed by atoms with Crippen LogP contribution in [0.2, 0.25) is 10.0 Å². The summed E-state index contributed by atoms with van der Waals surface area (Å²) in [6.45, 7) is 3.59. The molecule has 0 N–H and O–H groups in total. The van der Waals surface area contributed by atoms with Gasteiger partial charge in [0.1, 0.15) is 0 Å². The van der Waals surface area contributed by atoms with Crippen LogP contribution in [0.5, 0.6) is 11.8 Å². The Balaban J connectivity index is 1.86. The van der Waals surface area contributed by atoms with Crippen molar-refractivity contribution in [3.63, 3.8) is 0 Å². The van der Waals surface area contributed by atoms with E-state index in [4.69, 9.17) is 32.7 Å². The van der Waals surface area contributed by atoms with Crippen LogP contribution in [0.1, 0.15) is 23.0 Å². The van der Waals surface area contributed by atoms with Crippen LogP contribution in [0.3, 0.4) is 0 Å². The lowest BCUT2D eigenvalue weighted by molar-refractivity contribution is 0.0518. The number of hydrogen-bond donors (Lipinski definition) is 0. The van der Waals surface area contributed by atoms with E-state index in [1.165, 1.54) is 27.4 Å². The average Bonchev–Trinajstić information content (AvgIpc) is 3.06. The lowest BCUT2D eigenvalue weighted by atomic mass is 10.2. The predicted octanol–water partition coefficient (Wildman–Crippen LogP) is 4.46. The van der Waals surface area contributed by atoms with E-state index >= 15 is 0 Å². The van der Waals surface area contributed by atoms with Crippen LogP contribution in [0.15, 0.2) is 53.5 Å². The highest BCUT2D eigenvalue weighted by molar-refractivity contribution is 6.36. The van der Waals surface area contributed by atoms with E-state index in [9.17, 15) is 9.59 Å². The summed E-state index contributed by atoms with van der Waals surface area (Å²) in [4.78, 5) is 29.3. The third-order valence-electron chi connectivity index (χ3n) is 4.40. The second kappa shape index (κ2) is 8.41. The van der Waals surface area contributed by atoms with E-state index in [0.29, 0.717) is 16.3 Å². The molecule has 3 aromatic heterocycles. The van der Waals surface area contributed by atoms with Gasteiger partial charge >= 0.3 is 5.97 Å². The van der Waals surface area contributed by atoms with Gasteiger partial charge in [-0.25, -0.2) is 4.79 Å². The fraction of sp³-hybridized carbons (Fsp3) is 0.143. The third kappa shape index (κ3) is 3.99. The quantitative estimate of drug-likeness (QED) is 0.410. The van der Waals surface area contributed by atoms with Crippen molar-refractivity contribution in [2.45, 2.75) is 13.8 Å².